The molecule has 2 N–H and O–H groups in total. The van der Waals surface area contributed by atoms with Crippen LogP contribution in [0.4, 0.5) is 0 Å². The highest BCUT2D eigenvalue weighted by Crippen LogP contribution is 2.32. The summed E-state index contributed by atoms with van der Waals surface area (Å²) in [7, 11) is 0. The average Bonchev–Trinajstić information content (AvgIpc) is 2.39. The maximum atomic E-state index is 12.1. The Hall–Kier alpha value is -1.42. The van der Waals surface area contributed by atoms with Crippen LogP contribution in [0.15, 0.2) is 24.5 Å². The van der Waals surface area contributed by atoms with Crippen LogP contribution in [0.2, 0.25) is 0 Å². The largest absolute Gasteiger partial charge is 0.394 e. The lowest BCUT2D eigenvalue weighted by Gasteiger charge is -2.39. The Morgan fingerprint density at radius 3 is 2.89 bits per heavy atom. The molecule has 1 aromatic rings. The summed E-state index contributed by atoms with van der Waals surface area (Å²) in [6.45, 7) is 2.18. The molecule has 1 aliphatic carbocycles. The van der Waals surface area contributed by atoms with Gasteiger partial charge < -0.3 is 10.4 Å². The Morgan fingerprint density at radius 1 is 1.56 bits per heavy atom. The molecule has 1 fully saturated rings. The Kier molecular flexibility index (Phi) is 3.97. The summed E-state index contributed by atoms with van der Waals surface area (Å²) in [6.07, 6.45) is 7.13. The van der Waals surface area contributed by atoms with E-state index in [0.29, 0.717) is 11.5 Å². The van der Waals surface area contributed by atoms with E-state index >= 15 is 0 Å². The number of hydrogen-bond donors (Lipinski definition) is 2. The molecule has 1 aliphatic rings. The van der Waals surface area contributed by atoms with Crippen molar-refractivity contribution in [1.82, 2.24) is 10.3 Å². The number of amides is 1. The molecule has 1 aromatic heterocycles. The minimum Gasteiger partial charge on any atom is -0.394 e. The molecule has 18 heavy (non-hydrogen) atoms. The SMILES string of the molecule is CC1CCCC(CO)(NC(=O)c2ccncc2)C1. The number of nitrogens with one attached hydrogen (secondary N) is 1. The Labute approximate surface area is 107 Å². The fraction of sp³-hybridized carbons (Fsp3) is 0.571. The summed E-state index contributed by atoms with van der Waals surface area (Å²) in [5.74, 6) is 0.421. The lowest BCUT2D eigenvalue weighted by Crippen LogP contribution is -2.53. The van der Waals surface area contributed by atoms with E-state index in [1.165, 1.54) is 6.42 Å². The van der Waals surface area contributed by atoms with Gasteiger partial charge in [-0.15, -0.1) is 0 Å². The highest BCUT2D eigenvalue weighted by Gasteiger charge is 2.35. The van der Waals surface area contributed by atoms with E-state index in [2.05, 4.69) is 17.2 Å². The Morgan fingerprint density at radius 2 is 2.28 bits per heavy atom. The van der Waals surface area contributed by atoms with Crippen molar-refractivity contribution in [2.75, 3.05) is 6.61 Å². The van der Waals surface area contributed by atoms with Crippen molar-refractivity contribution in [3.8, 4) is 0 Å². The normalized spacial score (nSPS) is 27.8. The van der Waals surface area contributed by atoms with Crippen LogP contribution < -0.4 is 5.32 Å². The van der Waals surface area contributed by atoms with E-state index in [1.54, 1.807) is 24.5 Å². The Bertz CT molecular complexity index is 408. The third-order valence-corrected chi connectivity index (χ3v) is 3.72. The maximum absolute atomic E-state index is 12.1. The number of carbonyl (C=O) groups excluding carboxylic acids is 1. The van der Waals surface area contributed by atoms with E-state index in [9.17, 15) is 9.90 Å². The lowest BCUT2D eigenvalue weighted by atomic mass is 9.76. The van der Waals surface area contributed by atoms with Crippen LogP contribution in [0.3, 0.4) is 0 Å². The Balaban J connectivity index is 2.08. The number of carbonyl (C=O) groups is 1. The van der Waals surface area contributed by atoms with Gasteiger partial charge in [0.2, 0.25) is 0 Å². The van der Waals surface area contributed by atoms with Gasteiger partial charge in [-0.25, -0.2) is 0 Å². The molecule has 0 aromatic carbocycles. The van der Waals surface area contributed by atoms with Crippen LogP contribution in [0.25, 0.3) is 0 Å². The second-order valence-electron chi connectivity index (χ2n) is 5.33. The third kappa shape index (κ3) is 2.88. The molecule has 4 heteroatoms. The maximum Gasteiger partial charge on any atom is 0.251 e. The molecule has 2 unspecified atom stereocenters. The molecule has 0 saturated heterocycles. The van der Waals surface area contributed by atoms with Crippen LogP contribution in [0.5, 0.6) is 0 Å². The zero-order valence-corrected chi connectivity index (χ0v) is 10.7. The number of nitrogens with zero attached hydrogens (tertiary/aromatic N) is 1. The van der Waals surface area contributed by atoms with Crippen LogP contribution in [0, 0.1) is 5.92 Å². The molecule has 0 spiro atoms. The van der Waals surface area contributed by atoms with Gasteiger partial charge in [-0.2, -0.15) is 0 Å². The van der Waals surface area contributed by atoms with Gasteiger partial charge in [0.1, 0.15) is 0 Å². The summed E-state index contributed by atoms with van der Waals surface area (Å²) in [6, 6.07) is 3.37. The monoisotopic (exact) mass is 248 g/mol. The molecule has 4 nitrogen and oxygen atoms in total. The number of hydrogen-bond acceptors (Lipinski definition) is 3. The fourth-order valence-corrected chi connectivity index (χ4v) is 2.77. The van der Waals surface area contributed by atoms with Crippen molar-refractivity contribution >= 4 is 5.91 Å². The second-order valence-corrected chi connectivity index (χ2v) is 5.33. The van der Waals surface area contributed by atoms with Gasteiger partial charge >= 0.3 is 0 Å². The number of aliphatic hydroxyl groups excluding tert-OH is 1. The van der Waals surface area contributed by atoms with Crippen molar-refractivity contribution in [2.24, 2.45) is 5.92 Å². The fourth-order valence-electron chi connectivity index (χ4n) is 2.77. The van der Waals surface area contributed by atoms with Gasteiger partial charge in [-0.1, -0.05) is 19.8 Å². The van der Waals surface area contributed by atoms with Gasteiger partial charge in [0.15, 0.2) is 0 Å². The summed E-state index contributed by atoms with van der Waals surface area (Å²) < 4.78 is 0. The van der Waals surface area contributed by atoms with Crippen LogP contribution in [-0.2, 0) is 0 Å². The highest BCUT2D eigenvalue weighted by atomic mass is 16.3. The first-order chi connectivity index (χ1) is 8.65. The van der Waals surface area contributed by atoms with Gasteiger partial charge in [0.05, 0.1) is 12.1 Å². The van der Waals surface area contributed by atoms with Crippen LogP contribution in [0.1, 0.15) is 43.0 Å². The van der Waals surface area contributed by atoms with E-state index in [1.807, 2.05) is 0 Å². The molecule has 1 saturated carbocycles. The highest BCUT2D eigenvalue weighted by molar-refractivity contribution is 5.94. The molecule has 2 atom stereocenters. The molecule has 0 bridgehead atoms. The first kappa shape index (κ1) is 13.0. The van der Waals surface area contributed by atoms with Crippen molar-refractivity contribution in [3.05, 3.63) is 30.1 Å². The average molecular weight is 248 g/mol. The van der Waals surface area contributed by atoms with Crippen molar-refractivity contribution in [2.45, 2.75) is 38.1 Å². The van der Waals surface area contributed by atoms with E-state index < -0.39 is 5.54 Å². The summed E-state index contributed by atoms with van der Waals surface area (Å²) in [5, 5.41) is 12.6. The zero-order valence-electron chi connectivity index (χ0n) is 10.7. The topological polar surface area (TPSA) is 62.2 Å². The molecule has 1 heterocycles. The first-order valence-electron chi connectivity index (χ1n) is 6.49. The molecule has 2 rings (SSSR count). The molecular formula is C14H20N2O2. The number of aromatic nitrogens is 1. The standard InChI is InChI=1S/C14H20N2O2/c1-11-3-2-6-14(9-11,10-17)16-13(18)12-4-7-15-8-5-12/h4-5,7-8,11,17H,2-3,6,9-10H2,1H3,(H,16,18). The second kappa shape index (κ2) is 5.48. The smallest absolute Gasteiger partial charge is 0.251 e. The van der Waals surface area contributed by atoms with Crippen molar-refractivity contribution in [3.63, 3.8) is 0 Å². The van der Waals surface area contributed by atoms with E-state index in [-0.39, 0.29) is 12.5 Å². The zero-order chi connectivity index (χ0) is 13.0. The quantitative estimate of drug-likeness (QED) is 0.856. The number of pyridine rings is 1. The van der Waals surface area contributed by atoms with Gasteiger partial charge in [-0.05, 0) is 30.9 Å². The summed E-state index contributed by atoms with van der Waals surface area (Å²) in [5.41, 5.74) is 0.147. The van der Waals surface area contributed by atoms with Crippen LogP contribution in [-0.4, -0.2) is 28.1 Å². The number of aliphatic hydroxyl groups is 1. The summed E-state index contributed by atoms with van der Waals surface area (Å²) in [4.78, 5) is 16.0. The van der Waals surface area contributed by atoms with E-state index in [4.69, 9.17) is 0 Å². The predicted molar refractivity (Wildman–Crippen MR) is 69.2 cm³/mol. The summed E-state index contributed by atoms with van der Waals surface area (Å²) >= 11 is 0. The molecule has 0 aliphatic heterocycles. The van der Waals surface area contributed by atoms with Crippen molar-refractivity contribution < 1.29 is 9.90 Å². The van der Waals surface area contributed by atoms with Crippen molar-refractivity contribution in [1.29, 1.82) is 0 Å². The van der Waals surface area contributed by atoms with Gasteiger partial charge in [0, 0.05) is 18.0 Å². The molecular weight excluding hydrogens is 228 g/mol. The predicted octanol–water partition coefficient (Wildman–Crippen LogP) is 1.75. The van der Waals surface area contributed by atoms with Crippen LogP contribution >= 0.6 is 0 Å². The minimum absolute atomic E-state index is 0.00810. The molecule has 1 amide bonds. The number of rotatable bonds is 3. The van der Waals surface area contributed by atoms with Gasteiger partial charge in [-0.3, -0.25) is 9.78 Å². The third-order valence-electron chi connectivity index (χ3n) is 3.72. The molecule has 98 valence electrons. The lowest BCUT2D eigenvalue weighted by molar-refractivity contribution is 0.0697. The van der Waals surface area contributed by atoms with Gasteiger partial charge in [0.25, 0.3) is 5.91 Å². The first-order valence-corrected chi connectivity index (χ1v) is 6.49. The molecule has 0 radical (unpaired) electrons. The van der Waals surface area contributed by atoms with E-state index in [0.717, 1.165) is 19.3 Å². The minimum atomic E-state index is -0.446.